The van der Waals surface area contributed by atoms with E-state index in [1.807, 2.05) is 39.0 Å². The van der Waals surface area contributed by atoms with Gasteiger partial charge in [0, 0.05) is 0 Å². The van der Waals surface area contributed by atoms with E-state index in [2.05, 4.69) is 0 Å². The maximum Gasteiger partial charge on any atom is 0.343 e. The van der Waals surface area contributed by atoms with Crippen LogP contribution in [-0.4, -0.2) is 17.9 Å². The Balaban J connectivity index is 1.70. The first-order valence-electron chi connectivity index (χ1n) is 11.3. The van der Waals surface area contributed by atoms with Crippen molar-refractivity contribution in [2.45, 2.75) is 20.8 Å². The van der Waals surface area contributed by atoms with Gasteiger partial charge in [-0.05, 0) is 69.3 Å². The van der Waals surface area contributed by atoms with Crippen LogP contribution in [0.3, 0.4) is 0 Å². The lowest BCUT2D eigenvalue weighted by Gasteiger charge is -2.15. The quantitative estimate of drug-likeness (QED) is 0.239. The predicted molar refractivity (Wildman–Crippen MR) is 135 cm³/mol. The Hall–Kier alpha value is -4.71. The summed E-state index contributed by atoms with van der Waals surface area (Å²) in [7, 11) is 0. The average Bonchev–Trinajstić information content (AvgIpc) is 2.85. The number of carbonyl (C=O) groups is 3. The molecule has 0 atom stereocenters. The molecule has 4 aromatic rings. The van der Waals surface area contributed by atoms with Crippen LogP contribution in [0.25, 0.3) is 0 Å². The number of carbonyl (C=O) groups excluding carboxylic acids is 3. The van der Waals surface area contributed by atoms with Crippen molar-refractivity contribution >= 4 is 17.9 Å². The van der Waals surface area contributed by atoms with Gasteiger partial charge in [-0.15, -0.1) is 0 Å². The molecular formula is C30H24O6. The number of hydrogen-bond acceptors (Lipinski definition) is 6. The summed E-state index contributed by atoms with van der Waals surface area (Å²) in [4.78, 5) is 38.7. The van der Waals surface area contributed by atoms with Crippen molar-refractivity contribution in [3.05, 3.63) is 124 Å². The van der Waals surface area contributed by atoms with Crippen LogP contribution in [-0.2, 0) is 0 Å². The topological polar surface area (TPSA) is 78.9 Å². The highest BCUT2D eigenvalue weighted by Gasteiger charge is 2.23. The molecule has 180 valence electrons. The number of para-hydroxylation sites is 1. The van der Waals surface area contributed by atoms with Gasteiger partial charge >= 0.3 is 17.9 Å². The molecule has 4 aromatic carbocycles. The first-order chi connectivity index (χ1) is 17.3. The molecule has 0 aliphatic rings. The molecular weight excluding hydrogens is 456 g/mol. The van der Waals surface area contributed by atoms with E-state index >= 15 is 0 Å². The number of benzene rings is 4. The lowest BCUT2D eigenvalue weighted by atomic mass is 10.1. The number of ether oxygens (including phenoxy) is 3. The fraction of sp³-hybridized carbons (Fsp3) is 0.100. The third kappa shape index (κ3) is 5.85. The van der Waals surface area contributed by atoms with Crippen molar-refractivity contribution in [1.82, 2.24) is 0 Å². The molecule has 0 spiro atoms. The van der Waals surface area contributed by atoms with Crippen molar-refractivity contribution < 1.29 is 28.6 Å². The fourth-order valence-electron chi connectivity index (χ4n) is 3.54. The monoisotopic (exact) mass is 480 g/mol. The first-order valence-corrected chi connectivity index (χ1v) is 11.3. The molecule has 0 heterocycles. The Labute approximate surface area is 209 Å². The molecule has 36 heavy (non-hydrogen) atoms. The summed E-state index contributed by atoms with van der Waals surface area (Å²) in [6, 6.07) is 25.1. The Morgan fingerprint density at radius 2 is 0.806 bits per heavy atom. The first kappa shape index (κ1) is 24.4. The van der Waals surface area contributed by atoms with Crippen molar-refractivity contribution in [3.63, 3.8) is 0 Å². The van der Waals surface area contributed by atoms with Gasteiger partial charge in [-0.3, -0.25) is 0 Å². The number of aryl methyl sites for hydroxylation is 3. The molecule has 0 aromatic heterocycles. The molecule has 0 radical (unpaired) electrons. The molecule has 0 fully saturated rings. The van der Waals surface area contributed by atoms with E-state index in [0.29, 0.717) is 16.7 Å². The van der Waals surface area contributed by atoms with Crippen LogP contribution in [0, 0.1) is 20.8 Å². The normalized spacial score (nSPS) is 10.4. The number of rotatable bonds is 6. The Bertz CT molecular complexity index is 1380. The maximum atomic E-state index is 13.0. The summed E-state index contributed by atoms with van der Waals surface area (Å²) >= 11 is 0. The third-order valence-electron chi connectivity index (χ3n) is 5.30. The molecule has 0 saturated carbocycles. The summed E-state index contributed by atoms with van der Waals surface area (Å²) in [5.41, 5.74) is 3.59. The smallest absolute Gasteiger partial charge is 0.343 e. The van der Waals surface area contributed by atoms with E-state index < -0.39 is 17.9 Å². The van der Waals surface area contributed by atoms with Gasteiger partial charge in [0.05, 0.1) is 16.7 Å². The van der Waals surface area contributed by atoms with Gasteiger partial charge in [0.25, 0.3) is 0 Å². The number of esters is 3. The molecule has 4 rings (SSSR count). The lowest BCUT2D eigenvalue weighted by Crippen LogP contribution is -2.15. The van der Waals surface area contributed by atoms with Gasteiger partial charge in [-0.2, -0.15) is 0 Å². The van der Waals surface area contributed by atoms with E-state index in [-0.39, 0.29) is 17.2 Å². The largest absolute Gasteiger partial charge is 0.419 e. The summed E-state index contributed by atoms with van der Waals surface area (Å²) in [6.07, 6.45) is 0. The van der Waals surface area contributed by atoms with E-state index in [1.54, 1.807) is 60.7 Å². The minimum absolute atomic E-state index is 0.0583. The summed E-state index contributed by atoms with van der Waals surface area (Å²) in [6.45, 7) is 5.57. The molecule has 0 bridgehead atoms. The highest BCUT2D eigenvalue weighted by atomic mass is 16.6. The standard InChI is InChI=1S/C30H24O6/c1-19-8-4-11-22(16-19)28(31)34-25-14-7-15-26(35-29(32)23-12-5-9-20(2)17-23)27(25)36-30(33)24-13-6-10-21(3)18-24/h4-18H,1-3H3. The van der Waals surface area contributed by atoms with Crippen molar-refractivity contribution in [1.29, 1.82) is 0 Å². The van der Waals surface area contributed by atoms with Gasteiger partial charge in [-0.25, -0.2) is 14.4 Å². The Kier molecular flexibility index (Phi) is 7.25. The Morgan fingerprint density at radius 1 is 0.472 bits per heavy atom. The van der Waals surface area contributed by atoms with Crippen LogP contribution >= 0.6 is 0 Å². The molecule has 0 aliphatic carbocycles. The minimum atomic E-state index is -0.689. The zero-order valence-electron chi connectivity index (χ0n) is 20.1. The van der Waals surface area contributed by atoms with Gasteiger partial charge in [-0.1, -0.05) is 59.2 Å². The van der Waals surface area contributed by atoms with Crippen LogP contribution in [0.5, 0.6) is 17.2 Å². The van der Waals surface area contributed by atoms with Crippen molar-refractivity contribution in [2.75, 3.05) is 0 Å². The zero-order valence-corrected chi connectivity index (χ0v) is 20.1. The van der Waals surface area contributed by atoms with E-state index in [9.17, 15) is 14.4 Å². The second-order valence-corrected chi connectivity index (χ2v) is 8.36. The maximum absolute atomic E-state index is 13.0. The van der Waals surface area contributed by atoms with Gasteiger partial charge in [0.1, 0.15) is 0 Å². The van der Waals surface area contributed by atoms with Crippen LogP contribution in [0.1, 0.15) is 47.8 Å². The molecule has 0 saturated heterocycles. The molecule has 0 unspecified atom stereocenters. The van der Waals surface area contributed by atoms with Crippen LogP contribution in [0.2, 0.25) is 0 Å². The molecule has 0 aliphatic heterocycles. The van der Waals surface area contributed by atoms with E-state index in [4.69, 9.17) is 14.2 Å². The van der Waals surface area contributed by atoms with Crippen molar-refractivity contribution in [3.8, 4) is 17.2 Å². The van der Waals surface area contributed by atoms with Crippen LogP contribution < -0.4 is 14.2 Å². The lowest BCUT2D eigenvalue weighted by molar-refractivity contribution is 0.0657. The van der Waals surface area contributed by atoms with Gasteiger partial charge < -0.3 is 14.2 Å². The molecule has 0 amide bonds. The van der Waals surface area contributed by atoms with Gasteiger partial charge in [0.15, 0.2) is 11.5 Å². The second kappa shape index (κ2) is 10.7. The van der Waals surface area contributed by atoms with E-state index in [0.717, 1.165) is 16.7 Å². The predicted octanol–water partition coefficient (Wildman–Crippen LogP) is 6.27. The van der Waals surface area contributed by atoms with Crippen molar-refractivity contribution in [2.24, 2.45) is 0 Å². The summed E-state index contributed by atoms with van der Waals surface area (Å²) in [5.74, 6) is -2.27. The van der Waals surface area contributed by atoms with Crippen LogP contribution in [0.4, 0.5) is 0 Å². The summed E-state index contributed by atoms with van der Waals surface area (Å²) < 4.78 is 16.8. The zero-order chi connectivity index (χ0) is 25.7. The van der Waals surface area contributed by atoms with E-state index in [1.165, 1.54) is 12.1 Å². The number of hydrogen-bond donors (Lipinski definition) is 0. The Morgan fingerprint density at radius 3 is 1.17 bits per heavy atom. The average molecular weight is 481 g/mol. The SMILES string of the molecule is Cc1cccc(C(=O)Oc2cccc(OC(=O)c3cccc(C)c3)c2OC(=O)c2cccc(C)c2)c1. The highest BCUT2D eigenvalue weighted by molar-refractivity contribution is 5.95. The molecule has 6 heteroatoms. The summed E-state index contributed by atoms with van der Waals surface area (Å²) in [5, 5.41) is 0. The third-order valence-corrected chi connectivity index (χ3v) is 5.30. The van der Waals surface area contributed by atoms with Gasteiger partial charge in [0.2, 0.25) is 5.75 Å². The fourth-order valence-corrected chi connectivity index (χ4v) is 3.54. The highest BCUT2D eigenvalue weighted by Crippen LogP contribution is 2.39. The minimum Gasteiger partial charge on any atom is -0.419 e. The second-order valence-electron chi connectivity index (χ2n) is 8.36. The van der Waals surface area contributed by atoms with Crippen LogP contribution in [0.15, 0.2) is 91.0 Å². The molecule has 6 nitrogen and oxygen atoms in total. The molecule has 0 N–H and O–H groups in total.